The van der Waals surface area contributed by atoms with Gasteiger partial charge in [0.1, 0.15) is 5.75 Å². The second-order valence-corrected chi connectivity index (χ2v) is 6.91. The molecule has 1 aliphatic heterocycles. The zero-order valence-electron chi connectivity index (χ0n) is 14.2. The quantitative estimate of drug-likeness (QED) is 0.472. The molecule has 1 aliphatic rings. The van der Waals surface area contributed by atoms with Crippen molar-refractivity contribution in [3.05, 3.63) is 22.7 Å². The molecule has 1 saturated heterocycles. The summed E-state index contributed by atoms with van der Waals surface area (Å²) in [5, 5.41) is 0.615. The molecule has 1 fully saturated rings. The van der Waals surface area contributed by atoms with Crippen LogP contribution in [0, 0.1) is 6.92 Å². The first-order valence-corrected chi connectivity index (χ1v) is 7.92. The summed E-state index contributed by atoms with van der Waals surface area (Å²) in [5.74, 6) is 0.636. The molecule has 0 N–H and O–H groups in total. The van der Waals surface area contributed by atoms with E-state index < -0.39 is 18.3 Å². The fourth-order valence-electron chi connectivity index (χ4n) is 2.29. The van der Waals surface area contributed by atoms with Gasteiger partial charge in [0.2, 0.25) is 0 Å². The third kappa shape index (κ3) is 3.43. The Labute approximate surface area is 138 Å². The molecule has 0 aliphatic carbocycles. The molecule has 6 heteroatoms. The topological polar surface area (TPSA) is 36.9 Å². The normalized spacial score (nSPS) is 19.5. The van der Waals surface area contributed by atoms with Gasteiger partial charge in [-0.3, -0.25) is 0 Å². The van der Waals surface area contributed by atoms with Gasteiger partial charge in [-0.1, -0.05) is 11.6 Å². The fraction of sp³-hybridized carbons (Fsp3) is 0.625. The fourth-order valence-corrected chi connectivity index (χ4v) is 2.56. The van der Waals surface area contributed by atoms with Gasteiger partial charge >= 0.3 is 7.12 Å². The molecule has 0 amide bonds. The predicted octanol–water partition coefficient (Wildman–Crippen LogP) is 3.32. The number of halogens is 1. The van der Waals surface area contributed by atoms with Gasteiger partial charge in [0.05, 0.1) is 11.2 Å². The molecule has 0 aromatic heterocycles. The third-order valence-electron chi connectivity index (χ3n) is 4.30. The van der Waals surface area contributed by atoms with Gasteiger partial charge < -0.3 is 18.8 Å². The predicted molar refractivity (Wildman–Crippen MR) is 89.0 cm³/mol. The summed E-state index contributed by atoms with van der Waals surface area (Å²) in [5.41, 5.74) is 1.03. The molecule has 1 aromatic rings. The second-order valence-electron chi connectivity index (χ2n) is 6.48. The maximum absolute atomic E-state index is 6.15. The van der Waals surface area contributed by atoms with Gasteiger partial charge in [0.25, 0.3) is 0 Å². The Hall–Kier alpha value is -0.745. The van der Waals surface area contributed by atoms with E-state index in [1.807, 2.05) is 47.6 Å². The summed E-state index contributed by atoms with van der Waals surface area (Å²) in [6.45, 7) is 12.8. The SMILES string of the molecule is CCOCOc1cc(Cl)cc(C)c1B1OC(C)(C)C(C)(C)O1. The number of hydrogen-bond donors (Lipinski definition) is 0. The van der Waals surface area contributed by atoms with Crippen LogP contribution in [-0.4, -0.2) is 31.7 Å². The largest absolute Gasteiger partial charge is 0.498 e. The van der Waals surface area contributed by atoms with Crippen LogP contribution in [0.25, 0.3) is 0 Å². The molecule has 0 spiro atoms. The lowest BCUT2D eigenvalue weighted by Gasteiger charge is -2.32. The Balaban J connectivity index is 2.34. The lowest BCUT2D eigenvalue weighted by atomic mass is 9.75. The van der Waals surface area contributed by atoms with Crippen molar-refractivity contribution in [1.82, 2.24) is 0 Å². The lowest BCUT2D eigenvalue weighted by molar-refractivity contribution is 0.00578. The molecule has 0 radical (unpaired) electrons. The van der Waals surface area contributed by atoms with Crippen molar-refractivity contribution in [3.63, 3.8) is 0 Å². The highest BCUT2D eigenvalue weighted by Crippen LogP contribution is 2.37. The van der Waals surface area contributed by atoms with Crippen LogP contribution >= 0.6 is 11.6 Å². The summed E-state index contributed by atoms with van der Waals surface area (Å²) in [7, 11) is -0.487. The Morgan fingerprint density at radius 2 is 1.73 bits per heavy atom. The molecular formula is C16H24BClO4. The van der Waals surface area contributed by atoms with Gasteiger partial charge in [-0.25, -0.2) is 0 Å². The van der Waals surface area contributed by atoms with Crippen molar-refractivity contribution in [1.29, 1.82) is 0 Å². The van der Waals surface area contributed by atoms with Crippen molar-refractivity contribution in [2.24, 2.45) is 0 Å². The molecule has 0 unspecified atom stereocenters. The van der Waals surface area contributed by atoms with E-state index in [-0.39, 0.29) is 6.79 Å². The minimum absolute atomic E-state index is 0.169. The van der Waals surface area contributed by atoms with Crippen LogP contribution in [-0.2, 0) is 14.0 Å². The molecule has 4 nitrogen and oxygen atoms in total. The zero-order chi connectivity index (χ0) is 16.5. The highest BCUT2D eigenvalue weighted by molar-refractivity contribution is 6.63. The monoisotopic (exact) mass is 326 g/mol. The maximum Gasteiger partial charge on any atom is 0.498 e. The Kier molecular flexibility index (Phi) is 5.12. The summed E-state index contributed by atoms with van der Waals surface area (Å²) in [6.07, 6.45) is 0. The van der Waals surface area contributed by atoms with Crippen LogP contribution in [0.3, 0.4) is 0 Å². The summed E-state index contributed by atoms with van der Waals surface area (Å²) in [4.78, 5) is 0. The van der Waals surface area contributed by atoms with Crippen molar-refractivity contribution >= 4 is 24.2 Å². The zero-order valence-corrected chi connectivity index (χ0v) is 14.9. The van der Waals surface area contributed by atoms with Crippen LogP contribution < -0.4 is 10.2 Å². The van der Waals surface area contributed by atoms with Gasteiger partial charge in [-0.2, -0.15) is 0 Å². The van der Waals surface area contributed by atoms with E-state index in [2.05, 4.69) is 0 Å². The van der Waals surface area contributed by atoms with Gasteiger partial charge in [0, 0.05) is 17.1 Å². The van der Waals surface area contributed by atoms with Crippen LogP contribution in [0.15, 0.2) is 12.1 Å². The van der Waals surface area contributed by atoms with E-state index in [1.54, 1.807) is 6.07 Å². The molecule has 0 atom stereocenters. The van der Waals surface area contributed by atoms with Crippen molar-refractivity contribution in [2.75, 3.05) is 13.4 Å². The average molecular weight is 327 g/mol. The van der Waals surface area contributed by atoms with E-state index in [0.29, 0.717) is 17.4 Å². The number of aryl methyl sites for hydroxylation is 1. The summed E-state index contributed by atoms with van der Waals surface area (Å²) < 4.78 is 23.3. The van der Waals surface area contributed by atoms with E-state index in [9.17, 15) is 0 Å². The molecule has 2 rings (SSSR count). The van der Waals surface area contributed by atoms with Crippen molar-refractivity contribution in [3.8, 4) is 5.75 Å². The number of benzene rings is 1. The standard InChI is InChI=1S/C16H24BClO4/c1-7-19-10-20-13-9-12(18)8-11(2)14(13)17-21-15(3,4)16(5,6)22-17/h8-9H,7,10H2,1-6H3. The Bertz CT molecular complexity index is 529. The van der Waals surface area contributed by atoms with E-state index in [4.69, 9.17) is 30.4 Å². The van der Waals surface area contributed by atoms with Gasteiger partial charge in [0.15, 0.2) is 6.79 Å². The van der Waals surface area contributed by atoms with Crippen LogP contribution in [0.4, 0.5) is 0 Å². The smallest absolute Gasteiger partial charge is 0.468 e. The van der Waals surface area contributed by atoms with E-state index in [0.717, 1.165) is 11.0 Å². The summed E-state index contributed by atoms with van der Waals surface area (Å²) in [6, 6.07) is 3.66. The van der Waals surface area contributed by atoms with Crippen molar-refractivity contribution in [2.45, 2.75) is 52.7 Å². The third-order valence-corrected chi connectivity index (χ3v) is 4.52. The lowest BCUT2D eigenvalue weighted by Crippen LogP contribution is -2.41. The second kappa shape index (κ2) is 6.40. The first kappa shape index (κ1) is 17.6. The molecule has 1 heterocycles. The highest BCUT2D eigenvalue weighted by Gasteiger charge is 2.52. The molecule has 1 aromatic carbocycles. The average Bonchev–Trinajstić information content (AvgIpc) is 2.57. The molecule has 0 saturated carbocycles. The molecule has 22 heavy (non-hydrogen) atoms. The summed E-state index contributed by atoms with van der Waals surface area (Å²) >= 11 is 6.15. The Morgan fingerprint density at radius 3 is 2.27 bits per heavy atom. The molecular weight excluding hydrogens is 302 g/mol. The van der Waals surface area contributed by atoms with Crippen molar-refractivity contribution < 1.29 is 18.8 Å². The number of rotatable bonds is 5. The minimum atomic E-state index is -0.487. The van der Waals surface area contributed by atoms with Gasteiger partial charge in [-0.15, -0.1) is 0 Å². The highest BCUT2D eigenvalue weighted by atomic mass is 35.5. The first-order valence-electron chi connectivity index (χ1n) is 7.54. The van der Waals surface area contributed by atoms with Crippen LogP contribution in [0.1, 0.15) is 40.2 Å². The van der Waals surface area contributed by atoms with E-state index >= 15 is 0 Å². The van der Waals surface area contributed by atoms with E-state index in [1.165, 1.54) is 0 Å². The molecule has 0 bridgehead atoms. The first-order chi connectivity index (χ1) is 10.2. The Morgan fingerprint density at radius 1 is 1.14 bits per heavy atom. The molecule has 122 valence electrons. The van der Waals surface area contributed by atoms with Gasteiger partial charge in [-0.05, 0) is 59.2 Å². The maximum atomic E-state index is 6.15. The van der Waals surface area contributed by atoms with Crippen LogP contribution in [0.2, 0.25) is 5.02 Å². The van der Waals surface area contributed by atoms with Crippen LogP contribution in [0.5, 0.6) is 5.75 Å². The minimum Gasteiger partial charge on any atom is -0.468 e. The number of ether oxygens (including phenoxy) is 2. The number of hydrogen-bond acceptors (Lipinski definition) is 4.